The Kier molecular flexibility index (Phi) is 4.25. The van der Waals surface area contributed by atoms with Crippen molar-refractivity contribution in [2.75, 3.05) is 5.32 Å². The Labute approximate surface area is 96.0 Å². The molecule has 0 aromatic heterocycles. The van der Waals surface area contributed by atoms with Crippen molar-refractivity contribution >= 4 is 29.2 Å². The van der Waals surface area contributed by atoms with Crippen LogP contribution in [0.3, 0.4) is 0 Å². The molecule has 86 valence electrons. The van der Waals surface area contributed by atoms with Gasteiger partial charge in [0.2, 0.25) is 5.91 Å². The molecular formula is C10H9ClFNO3. The van der Waals surface area contributed by atoms with Gasteiger partial charge in [0.05, 0.1) is 17.1 Å². The molecule has 1 amide bonds. The molecule has 0 fully saturated rings. The highest BCUT2D eigenvalue weighted by molar-refractivity contribution is 6.31. The van der Waals surface area contributed by atoms with Crippen LogP contribution in [0.1, 0.15) is 12.8 Å². The van der Waals surface area contributed by atoms with Crippen LogP contribution in [0.2, 0.25) is 5.02 Å². The highest BCUT2D eigenvalue weighted by atomic mass is 35.5. The van der Waals surface area contributed by atoms with Gasteiger partial charge in [-0.05, 0) is 12.1 Å². The van der Waals surface area contributed by atoms with Crippen LogP contribution in [0, 0.1) is 5.82 Å². The highest BCUT2D eigenvalue weighted by Gasteiger charge is 2.10. The molecule has 6 heteroatoms. The van der Waals surface area contributed by atoms with Gasteiger partial charge < -0.3 is 10.4 Å². The van der Waals surface area contributed by atoms with E-state index < -0.39 is 17.7 Å². The van der Waals surface area contributed by atoms with E-state index >= 15 is 0 Å². The number of aliphatic carboxylic acids is 1. The number of rotatable bonds is 4. The van der Waals surface area contributed by atoms with Crippen LogP contribution in [0.5, 0.6) is 0 Å². The van der Waals surface area contributed by atoms with E-state index in [0.29, 0.717) is 0 Å². The number of carboxylic acids is 1. The molecular weight excluding hydrogens is 237 g/mol. The first-order valence-electron chi connectivity index (χ1n) is 4.46. The van der Waals surface area contributed by atoms with Crippen LogP contribution in [0.25, 0.3) is 0 Å². The van der Waals surface area contributed by atoms with Gasteiger partial charge >= 0.3 is 5.97 Å². The van der Waals surface area contributed by atoms with Crippen LogP contribution < -0.4 is 5.32 Å². The molecule has 0 saturated carbocycles. The molecule has 4 nitrogen and oxygen atoms in total. The van der Waals surface area contributed by atoms with Gasteiger partial charge in [-0.25, -0.2) is 4.39 Å². The SMILES string of the molecule is O=C(O)CCC(=O)Nc1cccc(Cl)c1F. The molecule has 2 N–H and O–H groups in total. The van der Waals surface area contributed by atoms with Crippen molar-refractivity contribution in [1.82, 2.24) is 0 Å². The zero-order chi connectivity index (χ0) is 12.1. The van der Waals surface area contributed by atoms with Gasteiger partial charge in [-0.15, -0.1) is 0 Å². The summed E-state index contributed by atoms with van der Waals surface area (Å²) in [7, 11) is 0. The lowest BCUT2D eigenvalue weighted by molar-refractivity contribution is -0.138. The van der Waals surface area contributed by atoms with E-state index in [-0.39, 0.29) is 23.6 Å². The maximum Gasteiger partial charge on any atom is 0.303 e. The summed E-state index contributed by atoms with van der Waals surface area (Å²) in [6.07, 6.45) is -0.505. The van der Waals surface area contributed by atoms with E-state index in [1.165, 1.54) is 18.2 Å². The predicted molar refractivity (Wildman–Crippen MR) is 56.9 cm³/mol. The highest BCUT2D eigenvalue weighted by Crippen LogP contribution is 2.22. The van der Waals surface area contributed by atoms with Gasteiger partial charge in [0.25, 0.3) is 0 Å². The van der Waals surface area contributed by atoms with Crippen molar-refractivity contribution < 1.29 is 19.1 Å². The lowest BCUT2D eigenvalue weighted by Gasteiger charge is -2.06. The van der Waals surface area contributed by atoms with Crippen molar-refractivity contribution in [3.8, 4) is 0 Å². The number of carbonyl (C=O) groups excluding carboxylic acids is 1. The first-order valence-corrected chi connectivity index (χ1v) is 4.84. The number of anilines is 1. The molecule has 1 aromatic rings. The van der Waals surface area contributed by atoms with Gasteiger partial charge in [0.15, 0.2) is 5.82 Å². The average Bonchev–Trinajstić information content (AvgIpc) is 2.22. The number of amides is 1. The molecule has 0 atom stereocenters. The van der Waals surface area contributed by atoms with Crippen LogP contribution in [-0.2, 0) is 9.59 Å². The second-order valence-electron chi connectivity index (χ2n) is 3.04. The molecule has 0 saturated heterocycles. The fourth-order valence-electron chi connectivity index (χ4n) is 1.03. The Hall–Kier alpha value is -1.62. The monoisotopic (exact) mass is 245 g/mol. The summed E-state index contributed by atoms with van der Waals surface area (Å²) in [5.41, 5.74) is -0.0529. The number of nitrogens with one attached hydrogen (secondary N) is 1. The predicted octanol–water partition coefficient (Wildman–Crippen LogP) is 2.28. The Balaban J connectivity index is 2.63. The standard InChI is InChI=1S/C10H9ClFNO3/c11-6-2-1-3-7(10(6)12)13-8(14)4-5-9(15)16/h1-3H,4-5H2,(H,13,14)(H,15,16). The second kappa shape index (κ2) is 5.46. The fourth-order valence-corrected chi connectivity index (χ4v) is 1.21. The molecule has 0 aliphatic rings. The maximum absolute atomic E-state index is 13.3. The number of halogens is 2. The van der Waals surface area contributed by atoms with Crippen molar-refractivity contribution in [2.24, 2.45) is 0 Å². The quantitative estimate of drug-likeness (QED) is 0.855. The normalized spacial score (nSPS) is 9.88. The van der Waals surface area contributed by atoms with Crippen LogP contribution >= 0.6 is 11.6 Å². The zero-order valence-electron chi connectivity index (χ0n) is 8.17. The molecule has 0 bridgehead atoms. The summed E-state index contributed by atoms with van der Waals surface area (Å²) in [5.74, 6) is -2.38. The number of carboxylic acid groups (broad SMARTS) is 1. The van der Waals surface area contributed by atoms with E-state index in [9.17, 15) is 14.0 Å². The van der Waals surface area contributed by atoms with E-state index in [0.717, 1.165) is 0 Å². The summed E-state index contributed by atoms with van der Waals surface area (Å²) in [6.45, 7) is 0. The van der Waals surface area contributed by atoms with Gasteiger partial charge in [0, 0.05) is 6.42 Å². The summed E-state index contributed by atoms with van der Waals surface area (Å²) in [6, 6.07) is 4.18. The van der Waals surface area contributed by atoms with Crippen LogP contribution in [0.15, 0.2) is 18.2 Å². The van der Waals surface area contributed by atoms with E-state index in [2.05, 4.69) is 5.32 Å². The maximum atomic E-state index is 13.3. The number of hydrogen-bond donors (Lipinski definition) is 2. The first kappa shape index (κ1) is 12.4. The minimum atomic E-state index is -1.08. The van der Waals surface area contributed by atoms with Gasteiger partial charge in [0.1, 0.15) is 0 Å². The summed E-state index contributed by atoms with van der Waals surface area (Å²) < 4.78 is 13.3. The van der Waals surface area contributed by atoms with Crippen molar-refractivity contribution in [3.05, 3.63) is 29.0 Å². The third-order valence-corrected chi connectivity index (χ3v) is 2.08. The molecule has 0 unspecified atom stereocenters. The molecule has 0 spiro atoms. The van der Waals surface area contributed by atoms with Crippen molar-refractivity contribution in [3.63, 3.8) is 0 Å². The summed E-state index contributed by atoms with van der Waals surface area (Å²) >= 11 is 5.50. The lowest BCUT2D eigenvalue weighted by Crippen LogP contribution is -2.14. The topological polar surface area (TPSA) is 66.4 Å². The molecule has 0 heterocycles. The minimum Gasteiger partial charge on any atom is -0.481 e. The van der Waals surface area contributed by atoms with Crippen LogP contribution in [-0.4, -0.2) is 17.0 Å². The molecule has 0 aliphatic heterocycles. The minimum absolute atomic E-state index is 0.0529. The molecule has 16 heavy (non-hydrogen) atoms. The molecule has 0 aliphatic carbocycles. The lowest BCUT2D eigenvalue weighted by atomic mass is 10.2. The van der Waals surface area contributed by atoms with Crippen molar-refractivity contribution in [1.29, 1.82) is 0 Å². The molecule has 1 rings (SSSR count). The van der Waals surface area contributed by atoms with E-state index in [4.69, 9.17) is 16.7 Å². The fraction of sp³-hybridized carbons (Fsp3) is 0.200. The second-order valence-corrected chi connectivity index (χ2v) is 3.45. The number of hydrogen-bond acceptors (Lipinski definition) is 2. The Morgan fingerprint density at radius 2 is 2.06 bits per heavy atom. The third kappa shape index (κ3) is 3.51. The van der Waals surface area contributed by atoms with Crippen LogP contribution in [0.4, 0.5) is 10.1 Å². The number of benzene rings is 1. The first-order chi connectivity index (χ1) is 7.50. The van der Waals surface area contributed by atoms with E-state index in [1.54, 1.807) is 0 Å². The summed E-state index contributed by atoms with van der Waals surface area (Å²) in [5, 5.41) is 10.5. The number of carbonyl (C=O) groups is 2. The summed E-state index contributed by atoms with van der Waals surface area (Å²) in [4.78, 5) is 21.4. The largest absolute Gasteiger partial charge is 0.481 e. The van der Waals surface area contributed by atoms with E-state index in [1.807, 2.05) is 0 Å². The Morgan fingerprint density at radius 1 is 1.38 bits per heavy atom. The molecule has 1 aromatic carbocycles. The third-order valence-electron chi connectivity index (χ3n) is 1.79. The Morgan fingerprint density at radius 3 is 2.69 bits per heavy atom. The van der Waals surface area contributed by atoms with Gasteiger partial charge in [-0.1, -0.05) is 17.7 Å². The van der Waals surface area contributed by atoms with Crippen molar-refractivity contribution in [2.45, 2.75) is 12.8 Å². The Bertz CT molecular complexity index is 423. The smallest absolute Gasteiger partial charge is 0.303 e. The zero-order valence-corrected chi connectivity index (χ0v) is 8.92. The van der Waals surface area contributed by atoms with Gasteiger partial charge in [-0.2, -0.15) is 0 Å². The molecule has 0 radical (unpaired) electrons. The van der Waals surface area contributed by atoms with Gasteiger partial charge in [-0.3, -0.25) is 9.59 Å². The average molecular weight is 246 g/mol.